The zero-order chi connectivity index (χ0) is 24.7. The third-order valence-electron chi connectivity index (χ3n) is 7.29. The van der Waals surface area contributed by atoms with Crippen LogP contribution in [-0.4, -0.2) is 42.8 Å². The molecule has 1 saturated heterocycles. The molecule has 3 aromatic rings. The Morgan fingerprint density at radius 1 is 0.944 bits per heavy atom. The van der Waals surface area contributed by atoms with Crippen molar-refractivity contribution in [3.63, 3.8) is 0 Å². The zero-order valence-electron chi connectivity index (χ0n) is 20.7. The van der Waals surface area contributed by atoms with Crippen LogP contribution < -0.4 is 10.1 Å². The molecule has 0 aromatic heterocycles. The average Bonchev–Trinajstić information content (AvgIpc) is 3.58. The van der Waals surface area contributed by atoms with Crippen molar-refractivity contribution in [3.8, 4) is 16.9 Å². The monoisotopic (exact) mass is 482 g/mol. The van der Waals surface area contributed by atoms with Gasteiger partial charge in [-0.3, -0.25) is 14.5 Å². The van der Waals surface area contributed by atoms with Crippen molar-refractivity contribution in [2.45, 2.75) is 38.5 Å². The Balaban J connectivity index is 1.19. The molecule has 2 fully saturated rings. The van der Waals surface area contributed by atoms with Crippen molar-refractivity contribution in [3.05, 3.63) is 83.9 Å². The number of carbonyl (C=O) groups excluding carboxylic acids is 2. The van der Waals surface area contributed by atoms with E-state index in [1.165, 1.54) is 42.6 Å². The Morgan fingerprint density at radius 3 is 2.42 bits per heavy atom. The molecule has 5 nitrogen and oxygen atoms in total. The van der Waals surface area contributed by atoms with Crippen LogP contribution in [-0.2, 0) is 16.0 Å². The number of nitrogens with zero attached hydrogens (tertiary/aromatic N) is 1. The summed E-state index contributed by atoms with van der Waals surface area (Å²) in [5, 5.41) is 2.97. The van der Waals surface area contributed by atoms with Crippen LogP contribution in [0.5, 0.6) is 5.75 Å². The highest BCUT2D eigenvalue weighted by Gasteiger charge is 2.28. The number of ketones is 1. The Labute approximate surface area is 213 Å². The van der Waals surface area contributed by atoms with Crippen molar-refractivity contribution in [2.75, 3.05) is 31.6 Å². The largest absolute Gasteiger partial charge is 0.492 e. The Bertz CT molecular complexity index is 1180. The first-order chi connectivity index (χ1) is 17.6. The van der Waals surface area contributed by atoms with Crippen molar-refractivity contribution in [2.24, 2.45) is 5.92 Å². The summed E-state index contributed by atoms with van der Waals surface area (Å²) in [6.07, 6.45) is 4.98. The number of anilines is 1. The van der Waals surface area contributed by atoms with E-state index in [2.05, 4.69) is 58.7 Å². The molecule has 186 valence electrons. The van der Waals surface area contributed by atoms with Gasteiger partial charge in [0.2, 0.25) is 5.91 Å². The molecule has 0 bridgehead atoms. The van der Waals surface area contributed by atoms with Crippen molar-refractivity contribution in [1.82, 2.24) is 4.90 Å². The van der Waals surface area contributed by atoms with Crippen LogP contribution in [0.2, 0.25) is 0 Å². The minimum atomic E-state index is -0.195. The second-order valence-electron chi connectivity index (χ2n) is 9.92. The van der Waals surface area contributed by atoms with Gasteiger partial charge in [-0.05, 0) is 85.3 Å². The summed E-state index contributed by atoms with van der Waals surface area (Å²) >= 11 is 0. The number of hydrogen-bond acceptors (Lipinski definition) is 4. The molecule has 1 atom stereocenters. The SMILES string of the molecule is O=C1CCC(C(=O)Nc2ccc(-c3ccccc3Cc3ccc(OCCN4CCCC4)cc3)cc2)C1. The minimum Gasteiger partial charge on any atom is -0.492 e. The average molecular weight is 483 g/mol. The van der Waals surface area contributed by atoms with Crippen molar-refractivity contribution >= 4 is 17.4 Å². The van der Waals surface area contributed by atoms with Gasteiger partial charge in [-0.1, -0.05) is 48.5 Å². The van der Waals surface area contributed by atoms with Gasteiger partial charge in [0.15, 0.2) is 0 Å². The molecule has 1 N–H and O–H groups in total. The summed E-state index contributed by atoms with van der Waals surface area (Å²) in [5.41, 5.74) is 5.55. The molecule has 36 heavy (non-hydrogen) atoms. The zero-order valence-corrected chi connectivity index (χ0v) is 20.7. The van der Waals surface area contributed by atoms with Gasteiger partial charge in [0.25, 0.3) is 0 Å². The van der Waals surface area contributed by atoms with Crippen LogP contribution in [0.1, 0.15) is 43.2 Å². The van der Waals surface area contributed by atoms with Gasteiger partial charge in [0.05, 0.1) is 0 Å². The van der Waals surface area contributed by atoms with Crippen LogP contribution >= 0.6 is 0 Å². The summed E-state index contributed by atoms with van der Waals surface area (Å²) in [5.74, 6) is 0.852. The lowest BCUT2D eigenvalue weighted by Crippen LogP contribution is -2.25. The van der Waals surface area contributed by atoms with Gasteiger partial charge in [-0.25, -0.2) is 0 Å². The number of hydrogen-bond donors (Lipinski definition) is 1. The van der Waals surface area contributed by atoms with Crippen LogP contribution in [0, 0.1) is 5.92 Å². The molecular formula is C31H34N2O3. The number of rotatable bonds is 9. The number of amides is 1. The molecule has 1 unspecified atom stereocenters. The molecule has 1 heterocycles. The maximum atomic E-state index is 12.4. The molecule has 3 aromatic carbocycles. The van der Waals surface area contributed by atoms with E-state index in [0.29, 0.717) is 19.3 Å². The fraction of sp³-hybridized carbons (Fsp3) is 0.355. The molecule has 2 aliphatic rings. The molecule has 5 rings (SSSR count). The molecule has 1 aliphatic carbocycles. The first-order valence-corrected chi connectivity index (χ1v) is 13.1. The number of nitrogens with one attached hydrogen (secondary N) is 1. The van der Waals surface area contributed by atoms with Gasteiger partial charge in [0, 0.05) is 31.0 Å². The maximum absolute atomic E-state index is 12.4. The standard InChI is InChI=1S/C31H34N2O3/c34-28-14-11-26(22-28)31(35)32-27-12-9-24(10-13-27)30-6-2-1-5-25(30)21-23-7-15-29(16-8-23)36-20-19-33-17-3-4-18-33/h1-2,5-10,12-13,15-16,26H,3-4,11,14,17-22H2,(H,32,35). The lowest BCUT2D eigenvalue weighted by atomic mass is 9.95. The topological polar surface area (TPSA) is 58.6 Å². The van der Waals surface area contributed by atoms with E-state index in [9.17, 15) is 9.59 Å². The molecule has 1 aliphatic heterocycles. The highest BCUT2D eigenvalue weighted by molar-refractivity contribution is 5.97. The third kappa shape index (κ3) is 6.21. The van der Waals surface area contributed by atoms with Gasteiger partial charge in [0.1, 0.15) is 18.1 Å². The van der Waals surface area contributed by atoms with Crippen molar-refractivity contribution in [1.29, 1.82) is 0 Å². The van der Waals surface area contributed by atoms with Gasteiger partial charge in [-0.15, -0.1) is 0 Å². The number of Topliss-reactive ketones (excluding diaryl/α,β-unsaturated/α-hetero) is 1. The van der Waals surface area contributed by atoms with Gasteiger partial charge >= 0.3 is 0 Å². The van der Waals surface area contributed by atoms with Gasteiger partial charge < -0.3 is 10.1 Å². The van der Waals surface area contributed by atoms with E-state index in [1.54, 1.807) is 0 Å². The lowest BCUT2D eigenvalue weighted by Gasteiger charge is -2.15. The normalized spacial score (nSPS) is 17.9. The smallest absolute Gasteiger partial charge is 0.227 e. The highest BCUT2D eigenvalue weighted by Crippen LogP contribution is 2.28. The lowest BCUT2D eigenvalue weighted by molar-refractivity contribution is -0.122. The predicted octanol–water partition coefficient (Wildman–Crippen LogP) is 5.73. The second-order valence-corrected chi connectivity index (χ2v) is 9.92. The van der Waals surface area contributed by atoms with Crippen LogP contribution in [0.15, 0.2) is 72.8 Å². The quantitative estimate of drug-likeness (QED) is 0.423. The van der Waals surface area contributed by atoms with E-state index in [1.807, 2.05) is 24.3 Å². The summed E-state index contributed by atoms with van der Waals surface area (Å²) in [6, 6.07) is 24.8. The highest BCUT2D eigenvalue weighted by atomic mass is 16.5. The van der Waals surface area contributed by atoms with E-state index in [-0.39, 0.29) is 17.6 Å². The maximum Gasteiger partial charge on any atom is 0.227 e. The number of carbonyl (C=O) groups is 2. The molecule has 1 amide bonds. The molecule has 5 heteroatoms. The Kier molecular flexibility index (Phi) is 7.77. The number of ether oxygens (including phenoxy) is 1. The summed E-state index contributed by atoms with van der Waals surface area (Å²) < 4.78 is 5.95. The van der Waals surface area contributed by atoms with Crippen LogP contribution in [0.25, 0.3) is 11.1 Å². The predicted molar refractivity (Wildman–Crippen MR) is 143 cm³/mol. The van der Waals surface area contributed by atoms with E-state index in [4.69, 9.17) is 4.74 Å². The second kappa shape index (κ2) is 11.5. The third-order valence-corrected chi connectivity index (χ3v) is 7.29. The van der Waals surface area contributed by atoms with E-state index < -0.39 is 0 Å². The summed E-state index contributed by atoms with van der Waals surface area (Å²) in [7, 11) is 0. The molecule has 0 radical (unpaired) electrons. The van der Waals surface area contributed by atoms with E-state index >= 15 is 0 Å². The Morgan fingerprint density at radius 2 is 1.69 bits per heavy atom. The Hall–Kier alpha value is -3.44. The van der Waals surface area contributed by atoms with E-state index in [0.717, 1.165) is 36.6 Å². The first kappa shape index (κ1) is 24.3. The number of likely N-dealkylation sites (tertiary alicyclic amines) is 1. The fourth-order valence-corrected chi connectivity index (χ4v) is 5.19. The van der Waals surface area contributed by atoms with Gasteiger partial charge in [-0.2, -0.15) is 0 Å². The summed E-state index contributed by atoms with van der Waals surface area (Å²) in [6.45, 7) is 4.12. The molecular weight excluding hydrogens is 448 g/mol. The van der Waals surface area contributed by atoms with Crippen molar-refractivity contribution < 1.29 is 14.3 Å². The molecule has 1 saturated carbocycles. The van der Waals surface area contributed by atoms with Crippen LogP contribution in [0.3, 0.4) is 0 Å². The minimum absolute atomic E-state index is 0.0579. The number of benzene rings is 3. The molecule has 0 spiro atoms. The van der Waals surface area contributed by atoms with Crippen LogP contribution in [0.4, 0.5) is 5.69 Å². The summed E-state index contributed by atoms with van der Waals surface area (Å²) in [4.78, 5) is 26.4. The first-order valence-electron chi connectivity index (χ1n) is 13.1. The fourth-order valence-electron chi connectivity index (χ4n) is 5.19.